The molecule has 0 spiro atoms. The number of carbonyl (C=O) groups excluding carboxylic acids is 1. The summed E-state index contributed by atoms with van der Waals surface area (Å²) in [5.74, 6) is 0.518. The Kier molecular flexibility index (Phi) is 6.53. The Balaban J connectivity index is 3.08. The summed E-state index contributed by atoms with van der Waals surface area (Å²) < 4.78 is 0.842. The third-order valence-corrected chi connectivity index (χ3v) is 3.83. The van der Waals surface area contributed by atoms with Gasteiger partial charge in [0.25, 0.3) is 5.91 Å². The second kappa shape index (κ2) is 7.67. The highest BCUT2D eigenvalue weighted by molar-refractivity contribution is 9.10. The van der Waals surface area contributed by atoms with E-state index in [4.69, 9.17) is 5.73 Å². The maximum atomic E-state index is 12.8. The van der Waals surface area contributed by atoms with Crippen LogP contribution in [-0.4, -0.2) is 23.4 Å². The third kappa shape index (κ3) is 4.51. The molecule has 0 bridgehead atoms. The lowest BCUT2D eigenvalue weighted by Crippen LogP contribution is -2.42. The average molecular weight is 341 g/mol. The van der Waals surface area contributed by atoms with Gasteiger partial charge in [-0.15, -0.1) is 0 Å². The summed E-state index contributed by atoms with van der Waals surface area (Å²) in [6.45, 7) is 9.31. The van der Waals surface area contributed by atoms with Crippen LogP contribution in [0.2, 0.25) is 0 Å². The van der Waals surface area contributed by atoms with Crippen molar-refractivity contribution in [1.29, 1.82) is 0 Å². The minimum atomic E-state index is 0.0698. The van der Waals surface area contributed by atoms with E-state index in [9.17, 15) is 4.79 Å². The zero-order valence-electron chi connectivity index (χ0n) is 12.8. The predicted octanol–water partition coefficient (Wildman–Crippen LogP) is 4.32. The SMILES string of the molecule is CCC(CC)N(CC(C)C)C(=O)c1cc(N)cc(Br)c1. The number of benzene rings is 1. The van der Waals surface area contributed by atoms with E-state index in [1.807, 2.05) is 11.0 Å². The van der Waals surface area contributed by atoms with Crippen LogP contribution in [0.4, 0.5) is 5.69 Å². The fraction of sp³-hybridized carbons (Fsp3) is 0.562. The van der Waals surface area contributed by atoms with Crippen molar-refractivity contribution in [2.24, 2.45) is 5.92 Å². The van der Waals surface area contributed by atoms with Crippen molar-refractivity contribution in [2.45, 2.75) is 46.6 Å². The quantitative estimate of drug-likeness (QED) is 0.784. The number of amides is 1. The van der Waals surface area contributed by atoms with E-state index >= 15 is 0 Å². The largest absolute Gasteiger partial charge is 0.399 e. The van der Waals surface area contributed by atoms with Crippen molar-refractivity contribution in [2.75, 3.05) is 12.3 Å². The first-order valence-corrected chi connectivity index (χ1v) is 8.05. The molecule has 112 valence electrons. The van der Waals surface area contributed by atoms with E-state index < -0.39 is 0 Å². The van der Waals surface area contributed by atoms with E-state index in [1.54, 1.807) is 12.1 Å². The second-order valence-electron chi connectivity index (χ2n) is 5.59. The first-order chi connectivity index (χ1) is 9.38. The molecular formula is C16H25BrN2O. The zero-order chi connectivity index (χ0) is 15.3. The number of nitrogen functional groups attached to an aromatic ring is 1. The average Bonchev–Trinajstić information content (AvgIpc) is 2.36. The fourth-order valence-corrected chi connectivity index (χ4v) is 2.93. The molecule has 0 radical (unpaired) electrons. The highest BCUT2D eigenvalue weighted by atomic mass is 79.9. The lowest BCUT2D eigenvalue weighted by Gasteiger charge is -2.32. The Morgan fingerprint density at radius 1 is 1.25 bits per heavy atom. The third-order valence-electron chi connectivity index (χ3n) is 3.37. The van der Waals surface area contributed by atoms with Crippen LogP contribution in [-0.2, 0) is 0 Å². The van der Waals surface area contributed by atoms with Crippen LogP contribution in [0, 0.1) is 5.92 Å². The number of anilines is 1. The molecule has 0 fully saturated rings. The maximum absolute atomic E-state index is 12.8. The van der Waals surface area contributed by atoms with Gasteiger partial charge in [-0.3, -0.25) is 4.79 Å². The van der Waals surface area contributed by atoms with Gasteiger partial charge in [-0.1, -0.05) is 43.6 Å². The molecule has 0 aliphatic rings. The van der Waals surface area contributed by atoms with Gasteiger partial charge in [-0.25, -0.2) is 0 Å². The first-order valence-electron chi connectivity index (χ1n) is 7.26. The topological polar surface area (TPSA) is 46.3 Å². The van der Waals surface area contributed by atoms with Crippen molar-refractivity contribution in [3.63, 3.8) is 0 Å². The minimum absolute atomic E-state index is 0.0698. The van der Waals surface area contributed by atoms with Crippen molar-refractivity contribution in [3.8, 4) is 0 Å². The summed E-state index contributed by atoms with van der Waals surface area (Å²) in [5.41, 5.74) is 7.10. The number of carbonyl (C=O) groups is 1. The van der Waals surface area contributed by atoms with Crippen molar-refractivity contribution in [3.05, 3.63) is 28.2 Å². The molecule has 1 aromatic rings. The summed E-state index contributed by atoms with van der Waals surface area (Å²) >= 11 is 3.40. The smallest absolute Gasteiger partial charge is 0.254 e. The highest BCUT2D eigenvalue weighted by Gasteiger charge is 2.23. The van der Waals surface area contributed by atoms with Gasteiger partial charge in [0.05, 0.1) is 0 Å². The van der Waals surface area contributed by atoms with E-state index in [-0.39, 0.29) is 11.9 Å². The van der Waals surface area contributed by atoms with Crippen molar-refractivity contribution >= 4 is 27.5 Å². The molecule has 0 heterocycles. The number of nitrogens with two attached hydrogens (primary N) is 1. The van der Waals surface area contributed by atoms with Crippen LogP contribution in [0.3, 0.4) is 0 Å². The Labute approximate surface area is 130 Å². The monoisotopic (exact) mass is 340 g/mol. The molecule has 0 aliphatic heterocycles. The highest BCUT2D eigenvalue weighted by Crippen LogP contribution is 2.21. The van der Waals surface area contributed by atoms with Gasteiger partial charge in [0, 0.05) is 28.3 Å². The molecule has 1 rings (SSSR count). The number of hydrogen-bond acceptors (Lipinski definition) is 2. The molecule has 0 saturated carbocycles. The van der Waals surface area contributed by atoms with Gasteiger partial charge in [-0.2, -0.15) is 0 Å². The van der Waals surface area contributed by atoms with E-state index in [2.05, 4.69) is 43.6 Å². The molecule has 1 aromatic carbocycles. The van der Waals surface area contributed by atoms with Gasteiger partial charge >= 0.3 is 0 Å². The maximum Gasteiger partial charge on any atom is 0.254 e. The normalized spacial score (nSPS) is 11.2. The van der Waals surface area contributed by atoms with Gasteiger partial charge in [0.15, 0.2) is 0 Å². The minimum Gasteiger partial charge on any atom is -0.399 e. The van der Waals surface area contributed by atoms with E-state index in [1.165, 1.54) is 0 Å². The molecule has 4 heteroatoms. The molecule has 0 unspecified atom stereocenters. The van der Waals surface area contributed by atoms with Gasteiger partial charge < -0.3 is 10.6 Å². The number of hydrogen-bond donors (Lipinski definition) is 1. The molecule has 2 N–H and O–H groups in total. The fourth-order valence-electron chi connectivity index (χ4n) is 2.42. The molecular weight excluding hydrogens is 316 g/mol. The van der Waals surface area contributed by atoms with Crippen LogP contribution in [0.5, 0.6) is 0 Å². The van der Waals surface area contributed by atoms with Crippen LogP contribution in [0.1, 0.15) is 50.9 Å². The number of rotatable bonds is 6. The van der Waals surface area contributed by atoms with Crippen molar-refractivity contribution in [1.82, 2.24) is 4.90 Å². The van der Waals surface area contributed by atoms with Gasteiger partial charge in [-0.05, 0) is 37.0 Å². The van der Waals surface area contributed by atoms with Crippen LogP contribution >= 0.6 is 15.9 Å². The Hall–Kier alpha value is -1.03. The van der Waals surface area contributed by atoms with Crippen LogP contribution in [0.25, 0.3) is 0 Å². The summed E-state index contributed by atoms with van der Waals surface area (Å²) in [7, 11) is 0. The molecule has 0 saturated heterocycles. The Morgan fingerprint density at radius 2 is 1.85 bits per heavy atom. The lowest BCUT2D eigenvalue weighted by atomic mass is 10.0. The molecule has 0 aromatic heterocycles. The molecule has 1 amide bonds. The predicted molar refractivity (Wildman–Crippen MR) is 88.8 cm³/mol. The van der Waals surface area contributed by atoms with E-state index in [0.29, 0.717) is 17.2 Å². The summed E-state index contributed by atoms with van der Waals surface area (Å²) in [6, 6.07) is 5.68. The second-order valence-corrected chi connectivity index (χ2v) is 6.51. The summed E-state index contributed by atoms with van der Waals surface area (Å²) in [4.78, 5) is 14.8. The zero-order valence-corrected chi connectivity index (χ0v) is 14.4. The molecule has 0 atom stereocenters. The Morgan fingerprint density at radius 3 is 2.30 bits per heavy atom. The summed E-state index contributed by atoms with van der Waals surface area (Å²) in [6.07, 6.45) is 1.94. The number of nitrogens with zero attached hydrogens (tertiary/aromatic N) is 1. The van der Waals surface area contributed by atoms with E-state index in [0.717, 1.165) is 23.9 Å². The summed E-state index contributed by atoms with van der Waals surface area (Å²) in [5, 5.41) is 0. The first kappa shape index (κ1) is 17.0. The standard InChI is InChI=1S/C16H25BrN2O/c1-5-15(6-2)19(10-11(3)4)16(20)12-7-13(17)9-14(18)8-12/h7-9,11,15H,5-6,10,18H2,1-4H3. The van der Waals surface area contributed by atoms with Crippen LogP contribution in [0.15, 0.2) is 22.7 Å². The Bertz CT molecular complexity index is 436. The number of halogens is 1. The lowest BCUT2D eigenvalue weighted by molar-refractivity contribution is 0.0640. The molecule has 3 nitrogen and oxygen atoms in total. The molecule has 20 heavy (non-hydrogen) atoms. The van der Waals surface area contributed by atoms with Gasteiger partial charge in [0.1, 0.15) is 0 Å². The van der Waals surface area contributed by atoms with Gasteiger partial charge in [0.2, 0.25) is 0 Å². The van der Waals surface area contributed by atoms with Crippen molar-refractivity contribution < 1.29 is 4.79 Å². The molecule has 0 aliphatic carbocycles. The van der Waals surface area contributed by atoms with Crippen LogP contribution < -0.4 is 5.73 Å².